The van der Waals surface area contributed by atoms with Gasteiger partial charge in [-0.1, -0.05) is 26.5 Å². The van der Waals surface area contributed by atoms with Crippen molar-refractivity contribution in [3.8, 4) is 45.7 Å². The molecule has 336 valence electrons. The van der Waals surface area contributed by atoms with Crippen molar-refractivity contribution >= 4 is 44.6 Å². The molecule has 0 saturated carbocycles. The summed E-state index contributed by atoms with van der Waals surface area (Å²) in [5.74, 6) is 1.34. The van der Waals surface area contributed by atoms with Crippen molar-refractivity contribution in [1.82, 2.24) is 84.9 Å². The Hall–Kier alpha value is -7.70. The van der Waals surface area contributed by atoms with Crippen molar-refractivity contribution in [2.24, 2.45) is 0 Å². The van der Waals surface area contributed by atoms with Gasteiger partial charge >= 0.3 is 0 Å². The Morgan fingerprint density at radius 2 is 1.32 bits per heavy atom. The number of allylic oxidation sites excluding steroid dienone is 2. The third-order valence-electron chi connectivity index (χ3n) is 11.7. The number of nitrogens with one attached hydrogen (secondary N) is 4. The van der Waals surface area contributed by atoms with Gasteiger partial charge in [0.25, 0.3) is 0 Å². The van der Waals surface area contributed by atoms with E-state index in [1.807, 2.05) is 88.8 Å². The van der Waals surface area contributed by atoms with Gasteiger partial charge in [0, 0.05) is 94.6 Å². The first kappa shape index (κ1) is 43.5. The van der Waals surface area contributed by atoms with Gasteiger partial charge in [-0.15, -0.1) is 0 Å². The van der Waals surface area contributed by atoms with Gasteiger partial charge < -0.3 is 29.6 Å². The molecule has 0 atom stereocenters. The SMILES string of the molecule is C=C/C=C(\c1nc(-c2n[nH]c3ccc(-c4cncc(C)c4)nc23)[nH]c1C)N1CCN(C)CC1.CC.CN1CCN(c2ccnc3nc(-c4n[nH]c5ccc(-c6cnccn6)nc45)[nH]c23)CC1. The van der Waals surface area contributed by atoms with Gasteiger partial charge in [-0.05, 0) is 76.0 Å². The molecule has 0 unspecified atom stereocenters. The van der Waals surface area contributed by atoms with Crippen LogP contribution in [0.3, 0.4) is 0 Å². The number of hydrogen-bond acceptors (Lipinski definition) is 14. The quantitative estimate of drug-likeness (QED) is 0.114. The standard InChI is InChI=1S/C25H28N8.C21H20N10.C2H6/c1-5-6-21(33-11-9-32(4)10-12-33)22-17(3)27-25(29-22)24-23-20(30-31-24)8-7-19(28-23)18-13-16(2)14-26-15-18;1-30-8-10-31(11-9-30)16-4-5-24-20-18(16)26-21(27-20)19-17-14(28-29-19)3-2-13(25-17)15-12-22-6-7-23-15;1-2/h5-8,13-15H,1,9-12H2,2-4H3,(H,27,29)(H,30,31);2-7,12H,8-11H2,1H3,(H,28,29)(H,24,26,27);1-2H3/b21-6+;;. The molecule has 66 heavy (non-hydrogen) atoms. The van der Waals surface area contributed by atoms with Crippen molar-refractivity contribution in [2.45, 2.75) is 27.7 Å². The second kappa shape index (κ2) is 19.2. The van der Waals surface area contributed by atoms with E-state index >= 15 is 0 Å². The number of rotatable bonds is 8. The zero-order valence-electron chi connectivity index (χ0n) is 38.2. The van der Waals surface area contributed by atoms with Crippen LogP contribution >= 0.6 is 0 Å². The van der Waals surface area contributed by atoms with Gasteiger partial charge in [-0.3, -0.25) is 25.1 Å². The first-order valence-corrected chi connectivity index (χ1v) is 22.3. The molecule has 11 rings (SSSR count). The molecule has 0 radical (unpaired) electrons. The minimum Gasteiger partial charge on any atom is -0.367 e. The number of H-pyrrole nitrogens is 4. The highest BCUT2D eigenvalue weighted by molar-refractivity contribution is 5.94. The number of aryl methyl sites for hydroxylation is 2. The monoisotopic (exact) mass is 882 g/mol. The van der Waals surface area contributed by atoms with Gasteiger partial charge in [0.2, 0.25) is 0 Å². The number of hydrogen-bond donors (Lipinski definition) is 4. The molecule has 18 nitrogen and oxygen atoms in total. The largest absolute Gasteiger partial charge is 0.367 e. The molecule has 2 aliphatic heterocycles. The number of aromatic amines is 4. The number of anilines is 1. The smallest absolute Gasteiger partial charge is 0.180 e. The van der Waals surface area contributed by atoms with Crippen LogP contribution in [0.25, 0.3) is 84.6 Å². The fourth-order valence-electron chi connectivity index (χ4n) is 8.19. The second-order valence-electron chi connectivity index (χ2n) is 16.2. The van der Waals surface area contributed by atoms with Crippen molar-refractivity contribution in [3.63, 3.8) is 0 Å². The van der Waals surface area contributed by atoms with E-state index in [1.54, 1.807) is 18.6 Å². The Morgan fingerprint density at radius 1 is 0.652 bits per heavy atom. The Morgan fingerprint density at radius 3 is 1.98 bits per heavy atom. The van der Waals surface area contributed by atoms with E-state index in [2.05, 4.69) is 96.6 Å². The third-order valence-corrected chi connectivity index (χ3v) is 11.7. The summed E-state index contributed by atoms with van der Waals surface area (Å²) in [5.41, 5.74) is 14.6. The number of likely N-dealkylation sites (N-methyl/N-ethyl adjacent to an activating group) is 2. The van der Waals surface area contributed by atoms with Crippen molar-refractivity contribution in [1.29, 1.82) is 0 Å². The lowest BCUT2D eigenvalue weighted by Gasteiger charge is -2.35. The molecule has 0 bridgehead atoms. The Bertz CT molecular complexity index is 3130. The van der Waals surface area contributed by atoms with Crippen LogP contribution in [0, 0.1) is 13.8 Å². The highest BCUT2D eigenvalue weighted by Crippen LogP contribution is 2.32. The molecule has 9 aromatic rings. The minimum absolute atomic E-state index is 0.638. The van der Waals surface area contributed by atoms with Crippen molar-refractivity contribution in [2.75, 3.05) is 71.4 Å². The summed E-state index contributed by atoms with van der Waals surface area (Å²) >= 11 is 0. The van der Waals surface area contributed by atoms with E-state index in [1.165, 1.54) is 0 Å². The molecular weight excluding hydrogens is 829 g/mol. The van der Waals surface area contributed by atoms with E-state index in [4.69, 9.17) is 19.9 Å². The summed E-state index contributed by atoms with van der Waals surface area (Å²) in [5, 5.41) is 15.2. The maximum atomic E-state index is 4.97. The first-order chi connectivity index (χ1) is 32.3. The predicted molar refractivity (Wildman–Crippen MR) is 260 cm³/mol. The fraction of sp³-hybridized carbons (Fsp3) is 0.292. The van der Waals surface area contributed by atoms with E-state index in [0.717, 1.165) is 125 Å². The van der Waals surface area contributed by atoms with Crippen LogP contribution < -0.4 is 4.90 Å². The van der Waals surface area contributed by atoms with Gasteiger partial charge in [-0.2, -0.15) is 10.2 Å². The number of imidazole rings is 2. The van der Waals surface area contributed by atoms with Gasteiger partial charge in [0.1, 0.15) is 27.9 Å². The highest BCUT2D eigenvalue weighted by Gasteiger charge is 2.24. The van der Waals surface area contributed by atoms with Crippen LogP contribution in [0.1, 0.15) is 30.8 Å². The fourth-order valence-corrected chi connectivity index (χ4v) is 8.19. The minimum atomic E-state index is 0.638. The van der Waals surface area contributed by atoms with Crippen LogP contribution in [0.5, 0.6) is 0 Å². The lowest BCUT2D eigenvalue weighted by molar-refractivity contribution is 0.207. The molecule has 2 aliphatic rings. The molecule has 18 heteroatoms. The molecule has 0 spiro atoms. The molecule has 2 saturated heterocycles. The average Bonchev–Trinajstić information content (AvgIpc) is 4.17. The maximum Gasteiger partial charge on any atom is 0.180 e. The Kier molecular flexibility index (Phi) is 12.7. The number of pyridine rings is 4. The Balaban J connectivity index is 0.000000160. The first-order valence-electron chi connectivity index (χ1n) is 22.3. The highest BCUT2D eigenvalue weighted by atomic mass is 15.3. The van der Waals surface area contributed by atoms with Gasteiger partial charge in [0.15, 0.2) is 28.7 Å². The zero-order chi connectivity index (χ0) is 45.7. The van der Waals surface area contributed by atoms with E-state index in [0.29, 0.717) is 34.4 Å². The van der Waals surface area contributed by atoms with E-state index in [9.17, 15) is 0 Å². The molecule has 4 N–H and O–H groups in total. The van der Waals surface area contributed by atoms with Gasteiger partial charge in [-0.25, -0.2) is 24.9 Å². The van der Waals surface area contributed by atoms with Crippen LogP contribution in [0.2, 0.25) is 0 Å². The lowest BCUT2D eigenvalue weighted by atomic mass is 10.1. The van der Waals surface area contributed by atoms with Crippen LogP contribution in [-0.2, 0) is 0 Å². The van der Waals surface area contributed by atoms with Crippen LogP contribution in [0.4, 0.5) is 5.69 Å². The van der Waals surface area contributed by atoms with Gasteiger partial charge in [0.05, 0.1) is 40.0 Å². The summed E-state index contributed by atoms with van der Waals surface area (Å²) < 4.78 is 0. The molecule has 0 amide bonds. The van der Waals surface area contributed by atoms with E-state index < -0.39 is 0 Å². The summed E-state index contributed by atoms with van der Waals surface area (Å²) in [6.07, 6.45) is 14.4. The van der Waals surface area contributed by atoms with Crippen molar-refractivity contribution < 1.29 is 0 Å². The maximum absolute atomic E-state index is 4.97. The molecule has 2 fully saturated rings. The third kappa shape index (κ3) is 8.87. The Labute approximate surface area is 382 Å². The zero-order valence-corrected chi connectivity index (χ0v) is 38.2. The summed E-state index contributed by atoms with van der Waals surface area (Å²) in [4.78, 5) is 52.9. The topological polar surface area (TPSA) is 205 Å². The van der Waals surface area contributed by atoms with E-state index in [-0.39, 0.29) is 0 Å². The molecule has 0 aliphatic carbocycles. The number of nitrogens with zero attached hydrogens (tertiary/aromatic N) is 14. The summed E-state index contributed by atoms with van der Waals surface area (Å²) in [6, 6.07) is 12.0. The second-order valence-corrected chi connectivity index (χ2v) is 16.2. The average molecular weight is 883 g/mol. The van der Waals surface area contributed by atoms with Crippen LogP contribution in [-0.4, -0.2) is 151 Å². The number of piperazine rings is 2. The molecular formula is C48H54N18. The normalized spacial score (nSPS) is 14.9. The molecule has 11 heterocycles. The lowest BCUT2D eigenvalue weighted by Crippen LogP contribution is -2.44. The predicted octanol–water partition coefficient (Wildman–Crippen LogP) is 6.93. The van der Waals surface area contributed by atoms with Crippen molar-refractivity contribution in [3.05, 3.63) is 109 Å². The van der Waals surface area contributed by atoms with Crippen LogP contribution in [0.15, 0.2) is 92.3 Å². The summed E-state index contributed by atoms with van der Waals surface area (Å²) in [6.45, 7) is 20.0. The molecule has 0 aromatic carbocycles. The number of fused-ring (bicyclic) bond motifs is 3. The molecule has 9 aromatic heterocycles. The number of aromatic nitrogens is 14. The summed E-state index contributed by atoms with van der Waals surface area (Å²) in [7, 11) is 4.31.